The van der Waals surface area contributed by atoms with Crippen molar-refractivity contribution in [3.63, 3.8) is 0 Å². The van der Waals surface area contributed by atoms with E-state index in [0.717, 1.165) is 11.3 Å². The van der Waals surface area contributed by atoms with Crippen molar-refractivity contribution in [1.29, 1.82) is 0 Å². The Balaban J connectivity index is 2.20. The fourth-order valence-corrected chi connectivity index (χ4v) is 2.52. The molecule has 0 atom stereocenters. The number of benzene rings is 1. The number of thiazole rings is 1. The highest BCUT2D eigenvalue weighted by Gasteiger charge is 2.19. The fraction of sp³-hybridized carbons (Fsp3) is 0.267. The van der Waals surface area contributed by atoms with E-state index in [4.69, 9.17) is 14.2 Å². The minimum absolute atomic E-state index is 0.0134. The van der Waals surface area contributed by atoms with Gasteiger partial charge in [-0.2, -0.15) is 0 Å². The van der Waals surface area contributed by atoms with Crippen LogP contribution in [0.2, 0.25) is 0 Å². The van der Waals surface area contributed by atoms with Crippen LogP contribution in [0.4, 0.5) is 5.13 Å². The molecule has 1 aromatic heterocycles. The zero-order valence-corrected chi connectivity index (χ0v) is 14.1. The molecule has 128 valence electrons. The molecule has 0 spiro atoms. The Morgan fingerprint density at radius 2 is 1.92 bits per heavy atom. The smallest absolute Gasteiger partial charge is 0.357 e. The number of methoxy groups -OCH3 is 2. The molecule has 1 heterocycles. The van der Waals surface area contributed by atoms with E-state index < -0.39 is 11.9 Å². The van der Waals surface area contributed by atoms with Gasteiger partial charge in [0.25, 0.3) is 5.91 Å². The second kappa shape index (κ2) is 7.64. The number of rotatable bonds is 6. The number of esters is 1. The maximum absolute atomic E-state index is 12.3. The molecular formula is C15H16N2O6S. The molecule has 2 rings (SSSR count). The first-order chi connectivity index (χ1) is 11.5. The number of hydrogen-bond acceptors (Lipinski definition) is 8. The number of carbonyl (C=O) groups is 2. The number of hydrogen-bond donors (Lipinski definition) is 2. The molecule has 0 saturated carbocycles. The van der Waals surface area contributed by atoms with Crippen LogP contribution in [0.1, 0.15) is 27.8 Å². The molecule has 0 aliphatic rings. The standard InChI is InChI=1S/C15H16N2O6S/c1-4-23-14(20)9-7-24-15(16-9)17-13(19)8-5-11(21-2)12(22-3)6-10(8)18/h5-7,18H,4H2,1-3H3,(H,16,17,19). The van der Waals surface area contributed by atoms with Gasteiger partial charge in [0.2, 0.25) is 0 Å². The summed E-state index contributed by atoms with van der Waals surface area (Å²) < 4.78 is 15.0. The van der Waals surface area contributed by atoms with Crippen LogP contribution in [0.25, 0.3) is 0 Å². The van der Waals surface area contributed by atoms with Gasteiger partial charge >= 0.3 is 5.97 Å². The van der Waals surface area contributed by atoms with Crippen LogP contribution in [0.3, 0.4) is 0 Å². The molecule has 0 fully saturated rings. The molecule has 0 bridgehead atoms. The number of aromatic hydroxyl groups is 1. The Hall–Kier alpha value is -2.81. The van der Waals surface area contributed by atoms with Gasteiger partial charge in [0, 0.05) is 17.5 Å². The third-order valence-corrected chi connectivity index (χ3v) is 3.71. The van der Waals surface area contributed by atoms with E-state index in [-0.39, 0.29) is 28.7 Å². The molecule has 1 aromatic carbocycles. The Kier molecular flexibility index (Phi) is 5.59. The average molecular weight is 352 g/mol. The number of amides is 1. The Morgan fingerprint density at radius 3 is 2.54 bits per heavy atom. The third-order valence-electron chi connectivity index (χ3n) is 2.96. The van der Waals surface area contributed by atoms with Crippen molar-refractivity contribution >= 4 is 28.3 Å². The molecule has 0 unspecified atom stereocenters. The summed E-state index contributed by atoms with van der Waals surface area (Å²) in [7, 11) is 2.84. The summed E-state index contributed by atoms with van der Waals surface area (Å²) in [5.41, 5.74) is 0.0919. The number of aromatic nitrogens is 1. The summed E-state index contributed by atoms with van der Waals surface area (Å²) in [6.07, 6.45) is 0. The summed E-state index contributed by atoms with van der Waals surface area (Å²) in [5, 5.41) is 14.2. The van der Waals surface area contributed by atoms with Crippen LogP contribution in [0, 0.1) is 0 Å². The molecule has 1 amide bonds. The van der Waals surface area contributed by atoms with E-state index in [9.17, 15) is 14.7 Å². The molecule has 0 aliphatic carbocycles. The van der Waals surface area contributed by atoms with Crippen LogP contribution in [0.15, 0.2) is 17.5 Å². The number of phenols is 1. The maximum Gasteiger partial charge on any atom is 0.357 e. The molecule has 9 heteroatoms. The molecule has 2 aromatic rings. The first kappa shape index (κ1) is 17.5. The molecule has 0 radical (unpaired) electrons. The van der Waals surface area contributed by atoms with Gasteiger partial charge in [-0.1, -0.05) is 0 Å². The SMILES string of the molecule is CCOC(=O)c1csc(NC(=O)c2cc(OC)c(OC)cc2O)n1. The second-order valence-electron chi connectivity index (χ2n) is 4.44. The number of anilines is 1. The number of nitrogens with one attached hydrogen (secondary N) is 1. The second-order valence-corrected chi connectivity index (χ2v) is 5.29. The van der Waals surface area contributed by atoms with Crippen LogP contribution in [-0.4, -0.2) is 42.8 Å². The van der Waals surface area contributed by atoms with E-state index in [1.54, 1.807) is 6.92 Å². The summed E-state index contributed by atoms with van der Waals surface area (Å²) >= 11 is 1.07. The Labute approximate surface area is 142 Å². The first-order valence-electron chi connectivity index (χ1n) is 6.89. The van der Waals surface area contributed by atoms with Gasteiger partial charge in [0.05, 0.1) is 26.4 Å². The van der Waals surface area contributed by atoms with E-state index in [2.05, 4.69) is 10.3 Å². The molecule has 0 aliphatic heterocycles. The van der Waals surface area contributed by atoms with Gasteiger partial charge in [-0.15, -0.1) is 11.3 Å². The summed E-state index contributed by atoms with van der Waals surface area (Å²) in [4.78, 5) is 27.8. The van der Waals surface area contributed by atoms with E-state index >= 15 is 0 Å². The lowest BCUT2D eigenvalue weighted by Gasteiger charge is -2.11. The molecule has 2 N–H and O–H groups in total. The van der Waals surface area contributed by atoms with Gasteiger partial charge in [-0.05, 0) is 6.92 Å². The predicted octanol–water partition coefficient (Wildman–Crippen LogP) is 2.29. The summed E-state index contributed by atoms with van der Waals surface area (Å²) in [6.45, 7) is 1.92. The van der Waals surface area contributed by atoms with Crippen molar-refractivity contribution in [2.75, 3.05) is 26.1 Å². The third kappa shape index (κ3) is 3.74. The van der Waals surface area contributed by atoms with Gasteiger partial charge in [-0.3, -0.25) is 10.1 Å². The van der Waals surface area contributed by atoms with Crippen molar-refractivity contribution in [2.45, 2.75) is 6.92 Å². The number of ether oxygens (including phenoxy) is 3. The van der Waals surface area contributed by atoms with Crippen LogP contribution >= 0.6 is 11.3 Å². The van der Waals surface area contributed by atoms with Crippen molar-refractivity contribution in [1.82, 2.24) is 4.98 Å². The van der Waals surface area contributed by atoms with E-state index in [1.165, 1.54) is 31.7 Å². The highest BCUT2D eigenvalue weighted by Crippen LogP contribution is 2.34. The number of nitrogens with zero attached hydrogens (tertiary/aromatic N) is 1. The molecule has 24 heavy (non-hydrogen) atoms. The molecular weight excluding hydrogens is 336 g/mol. The number of phenolic OH excluding ortho intramolecular Hbond substituents is 1. The lowest BCUT2D eigenvalue weighted by Crippen LogP contribution is -2.13. The minimum Gasteiger partial charge on any atom is -0.507 e. The zero-order valence-electron chi connectivity index (χ0n) is 13.3. The number of carbonyl (C=O) groups excluding carboxylic acids is 2. The quantitative estimate of drug-likeness (QED) is 0.768. The van der Waals surface area contributed by atoms with E-state index in [1.807, 2.05) is 0 Å². The summed E-state index contributed by atoms with van der Waals surface area (Å²) in [6, 6.07) is 2.63. The van der Waals surface area contributed by atoms with Crippen molar-refractivity contribution in [3.05, 3.63) is 28.8 Å². The lowest BCUT2D eigenvalue weighted by atomic mass is 10.1. The summed E-state index contributed by atoms with van der Waals surface area (Å²) in [5.74, 6) is -0.842. The monoisotopic (exact) mass is 352 g/mol. The van der Waals surface area contributed by atoms with Crippen LogP contribution in [0.5, 0.6) is 17.2 Å². The Bertz CT molecular complexity index is 758. The maximum atomic E-state index is 12.3. The zero-order chi connectivity index (χ0) is 17.7. The van der Waals surface area contributed by atoms with Gasteiger partial charge in [0.1, 0.15) is 5.75 Å². The largest absolute Gasteiger partial charge is 0.507 e. The lowest BCUT2D eigenvalue weighted by molar-refractivity contribution is 0.0520. The molecule has 8 nitrogen and oxygen atoms in total. The minimum atomic E-state index is -0.599. The fourth-order valence-electron chi connectivity index (χ4n) is 1.84. The normalized spacial score (nSPS) is 10.1. The topological polar surface area (TPSA) is 107 Å². The predicted molar refractivity (Wildman–Crippen MR) is 87.2 cm³/mol. The first-order valence-corrected chi connectivity index (χ1v) is 7.77. The van der Waals surface area contributed by atoms with Crippen molar-refractivity contribution < 1.29 is 28.9 Å². The molecule has 0 saturated heterocycles. The van der Waals surface area contributed by atoms with E-state index in [0.29, 0.717) is 11.5 Å². The Morgan fingerprint density at radius 1 is 1.25 bits per heavy atom. The van der Waals surface area contributed by atoms with Crippen LogP contribution in [-0.2, 0) is 4.74 Å². The van der Waals surface area contributed by atoms with Gasteiger partial charge < -0.3 is 19.3 Å². The van der Waals surface area contributed by atoms with Crippen molar-refractivity contribution in [2.24, 2.45) is 0 Å². The highest BCUT2D eigenvalue weighted by molar-refractivity contribution is 7.14. The average Bonchev–Trinajstić information content (AvgIpc) is 3.03. The van der Waals surface area contributed by atoms with Gasteiger partial charge in [-0.25, -0.2) is 9.78 Å². The highest BCUT2D eigenvalue weighted by atomic mass is 32.1. The van der Waals surface area contributed by atoms with Crippen molar-refractivity contribution in [3.8, 4) is 17.2 Å². The van der Waals surface area contributed by atoms with Crippen LogP contribution < -0.4 is 14.8 Å². The van der Waals surface area contributed by atoms with Gasteiger partial charge in [0.15, 0.2) is 22.3 Å².